The van der Waals surface area contributed by atoms with Crippen LogP contribution in [0.4, 0.5) is 10.5 Å². The molecule has 1 aliphatic heterocycles. The van der Waals surface area contributed by atoms with Gasteiger partial charge in [-0.1, -0.05) is 24.3 Å². The summed E-state index contributed by atoms with van der Waals surface area (Å²) in [6.45, 7) is 3.05. The van der Waals surface area contributed by atoms with Crippen molar-refractivity contribution in [2.75, 3.05) is 32.6 Å². The fourth-order valence-electron chi connectivity index (χ4n) is 3.25. The van der Waals surface area contributed by atoms with Crippen LogP contribution in [0.2, 0.25) is 0 Å². The van der Waals surface area contributed by atoms with Gasteiger partial charge in [0.2, 0.25) is 0 Å². The molecule has 0 atom stereocenters. The summed E-state index contributed by atoms with van der Waals surface area (Å²) in [5.74, 6) is 0.834. The summed E-state index contributed by atoms with van der Waals surface area (Å²) in [4.78, 5) is 14.5. The van der Waals surface area contributed by atoms with Gasteiger partial charge < -0.3 is 25.0 Å². The number of piperidine rings is 1. The third-order valence-corrected chi connectivity index (χ3v) is 4.94. The van der Waals surface area contributed by atoms with Gasteiger partial charge in [0.25, 0.3) is 0 Å². The Balaban J connectivity index is 1.44. The zero-order chi connectivity index (χ0) is 19.8. The summed E-state index contributed by atoms with van der Waals surface area (Å²) in [6, 6.07) is 15.7. The number of ether oxygens (including phenoxy) is 2. The van der Waals surface area contributed by atoms with Crippen molar-refractivity contribution in [1.29, 1.82) is 0 Å². The van der Waals surface area contributed by atoms with E-state index in [0.717, 1.165) is 48.5 Å². The van der Waals surface area contributed by atoms with Gasteiger partial charge in [0.1, 0.15) is 5.75 Å². The first-order chi connectivity index (χ1) is 13.6. The third-order valence-electron chi connectivity index (χ3n) is 4.94. The van der Waals surface area contributed by atoms with E-state index in [1.54, 1.807) is 7.11 Å². The number of anilines is 1. The number of carbonyl (C=O) groups excluding carboxylic acids is 1. The van der Waals surface area contributed by atoms with Crippen molar-refractivity contribution in [2.45, 2.75) is 32.1 Å². The van der Waals surface area contributed by atoms with E-state index in [-0.39, 0.29) is 12.1 Å². The maximum Gasteiger partial charge on any atom is 0.319 e. The molecule has 150 valence electrons. The largest absolute Gasteiger partial charge is 0.497 e. The monoisotopic (exact) mass is 383 g/mol. The molecule has 1 fully saturated rings. The molecule has 0 bridgehead atoms. The Bertz CT molecular complexity index is 756. The highest BCUT2D eigenvalue weighted by molar-refractivity contribution is 5.89. The van der Waals surface area contributed by atoms with Crippen LogP contribution in [0.1, 0.15) is 24.0 Å². The Kier molecular flexibility index (Phi) is 7.28. The summed E-state index contributed by atoms with van der Waals surface area (Å²) in [6.07, 6.45) is 1.98. The zero-order valence-electron chi connectivity index (χ0n) is 16.6. The van der Waals surface area contributed by atoms with Gasteiger partial charge in [-0.15, -0.1) is 0 Å². The Morgan fingerprint density at radius 3 is 2.50 bits per heavy atom. The van der Waals surface area contributed by atoms with E-state index < -0.39 is 0 Å². The molecule has 0 spiro atoms. The minimum absolute atomic E-state index is 0.147. The van der Waals surface area contributed by atoms with Crippen LogP contribution in [0.5, 0.6) is 5.75 Å². The lowest BCUT2D eigenvalue weighted by Gasteiger charge is -2.29. The summed E-state index contributed by atoms with van der Waals surface area (Å²) in [7, 11) is 3.76. The van der Waals surface area contributed by atoms with Gasteiger partial charge in [-0.05, 0) is 68.4 Å². The SMILES string of the molecule is COc1ccc(COCc2cccc(NC(=O)NC3CCN(C)CC3)c2)cc1. The molecule has 0 radical (unpaired) electrons. The van der Waals surface area contributed by atoms with E-state index in [1.807, 2.05) is 48.5 Å². The molecule has 1 aliphatic rings. The van der Waals surface area contributed by atoms with Crippen LogP contribution in [-0.2, 0) is 18.0 Å². The number of nitrogens with one attached hydrogen (secondary N) is 2. The Morgan fingerprint density at radius 1 is 1.07 bits per heavy atom. The maximum absolute atomic E-state index is 12.2. The van der Waals surface area contributed by atoms with E-state index in [4.69, 9.17) is 9.47 Å². The number of likely N-dealkylation sites (tertiary alicyclic amines) is 1. The van der Waals surface area contributed by atoms with Gasteiger partial charge in [-0.3, -0.25) is 0 Å². The molecule has 28 heavy (non-hydrogen) atoms. The van der Waals surface area contributed by atoms with Crippen molar-refractivity contribution in [3.63, 3.8) is 0 Å². The molecule has 1 saturated heterocycles. The van der Waals surface area contributed by atoms with E-state index >= 15 is 0 Å². The first-order valence-electron chi connectivity index (χ1n) is 9.68. The number of urea groups is 1. The Morgan fingerprint density at radius 2 is 1.79 bits per heavy atom. The number of amides is 2. The predicted molar refractivity (Wildman–Crippen MR) is 111 cm³/mol. The quantitative estimate of drug-likeness (QED) is 0.766. The molecule has 0 aromatic heterocycles. The van der Waals surface area contributed by atoms with E-state index in [1.165, 1.54) is 0 Å². The van der Waals surface area contributed by atoms with Crippen LogP contribution in [0.3, 0.4) is 0 Å². The average Bonchev–Trinajstić information content (AvgIpc) is 2.70. The van der Waals surface area contributed by atoms with Crippen molar-refractivity contribution < 1.29 is 14.3 Å². The van der Waals surface area contributed by atoms with Crippen molar-refractivity contribution in [1.82, 2.24) is 10.2 Å². The summed E-state index contributed by atoms with van der Waals surface area (Å²) in [5, 5.41) is 5.99. The molecule has 0 saturated carbocycles. The summed E-state index contributed by atoms with van der Waals surface area (Å²) >= 11 is 0. The second-order valence-electron chi connectivity index (χ2n) is 7.22. The van der Waals surface area contributed by atoms with Crippen LogP contribution in [0.15, 0.2) is 48.5 Å². The average molecular weight is 383 g/mol. The second kappa shape index (κ2) is 10.1. The van der Waals surface area contributed by atoms with Gasteiger partial charge >= 0.3 is 6.03 Å². The second-order valence-corrected chi connectivity index (χ2v) is 7.22. The minimum atomic E-state index is -0.147. The lowest BCUT2D eigenvalue weighted by atomic mass is 10.1. The molecule has 2 aromatic carbocycles. The van der Waals surface area contributed by atoms with Gasteiger partial charge in [-0.2, -0.15) is 0 Å². The number of hydrogen-bond donors (Lipinski definition) is 2. The van der Waals surface area contributed by atoms with Gasteiger partial charge in [0.15, 0.2) is 0 Å². The lowest BCUT2D eigenvalue weighted by Crippen LogP contribution is -2.44. The molecule has 0 aliphatic carbocycles. The molecule has 2 aromatic rings. The fourth-order valence-corrected chi connectivity index (χ4v) is 3.25. The third kappa shape index (κ3) is 6.25. The first kappa shape index (κ1) is 20.2. The van der Waals surface area contributed by atoms with Crippen LogP contribution < -0.4 is 15.4 Å². The molecule has 3 rings (SSSR count). The predicted octanol–water partition coefficient (Wildman–Crippen LogP) is 3.63. The van der Waals surface area contributed by atoms with Crippen LogP contribution in [0.25, 0.3) is 0 Å². The Hall–Kier alpha value is -2.57. The summed E-state index contributed by atoms with van der Waals surface area (Å²) in [5.41, 5.74) is 2.88. The van der Waals surface area contributed by atoms with E-state index in [0.29, 0.717) is 13.2 Å². The van der Waals surface area contributed by atoms with Crippen molar-refractivity contribution in [2.24, 2.45) is 0 Å². The summed E-state index contributed by atoms with van der Waals surface area (Å²) < 4.78 is 11.0. The number of benzene rings is 2. The normalized spacial score (nSPS) is 15.2. The van der Waals surface area contributed by atoms with Crippen LogP contribution in [-0.4, -0.2) is 44.2 Å². The van der Waals surface area contributed by atoms with Crippen LogP contribution >= 0.6 is 0 Å². The molecular formula is C22H29N3O3. The highest BCUT2D eigenvalue weighted by atomic mass is 16.5. The fraction of sp³-hybridized carbons (Fsp3) is 0.409. The number of rotatable bonds is 7. The Labute approximate surface area is 166 Å². The smallest absolute Gasteiger partial charge is 0.319 e. The maximum atomic E-state index is 12.2. The molecule has 6 nitrogen and oxygen atoms in total. The molecule has 2 N–H and O–H groups in total. The number of nitrogens with zero attached hydrogens (tertiary/aromatic N) is 1. The minimum Gasteiger partial charge on any atom is -0.497 e. The van der Waals surface area contributed by atoms with E-state index in [9.17, 15) is 4.79 Å². The molecule has 0 unspecified atom stereocenters. The molecule has 6 heteroatoms. The molecule has 2 amide bonds. The highest BCUT2D eigenvalue weighted by Gasteiger charge is 2.18. The number of methoxy groups -OCH3 is 1. The van der Waals surface area contributed by atoms with Crippen LogP contribution in [0, 0.1) is 0 Å². The van der Waals surface area contributed by atoms with Crippen molar-refractivity contribution in [3.8, 4) is 5.75 Å². The standard InChI is InChI=1S/C22H29N3O3/c1-25-12-10-19(11-13-25)23-22(26)24-20-5-3-4-18(14-20)16-28-15-17-6-8-21(27-2)9-7-17/h3-9,14,19H,10-13,15-16H2,1-2H3,(H2,23,24,26). The lowest BCUT2D eigenvalue weighted by molar-refractivity contribution is 0.107. The number of hydrogen-bond acceptors (Lipinski definition) is 4. The van der Waals surface area contributed by atoms with Crippen molar-refractivity contribution >= 4 is 11.7 Å². The van der Waals surface area contributed by atoms with Gasteiger partial charge in [0.05, 0.1) is 20.3 Å². The highest BCUT2D eigenvalue weighted by Crippen LogP contribution is 2.15. The van der Waals surface area contributed by atoms with E-state index in [2.05, 4.69) is 22.6 Å². The first-order valence-corrected chi connectivity index (χ1v) is 9.68. The topological polar surface area (TPSA) is 62.8 Å². The molecule has 1 heterocycles. The molecular weight excluding hydrogens is 354 g/mol. The zero-order valence-corrected chi connectivity index (χ0v) is 16.6. The van der Waals surface area contributed by atoms with Gasteiger partial charge in [0, 0.05) is 11.7 Å². The van der Waals surface area contributed by atoms with Crippen molar-refractivity contribution in [3.05, 3.63) is 59.7 Å². The van der Waals surface area contributed by atoms with Gasteiger partial charge in [-0.25, -0.2) is 4.79 Å². The number of carbonyl (C=O) groups is 1.